The van der Waals surface area contributed by atoms with E-state index in [2.05, 4.69) is 0 Å². The fourth-order valence-electron chi connectivity index (χ4n) is 1.69. The number of allylic oxidation sites excluding steroid dienone is 2. The second-order valence-electron chi connectivity index (χ2n) is 4.16. The van der Waals surface area contributed by atoms with Crippen LogP contribution < -0.4 is 0 Å². The Balaban J connectivity index is 2.01. The first kappa shape index (κ1) is 12.2. The monoisotopic (exact) mass is 240 g/mol. The van der Waals surface area contributed by atoms with E-state index in [0.29, 0.717) is 0 Å². The van der Waals surface area contributed by atoms with Gasteiger partial charge in [0.1, 0.15) is 0 Å². The summed E-state index contributed by atoms with van der Waals surface area (Å²) in [6, 6.07) is 7.82. The Morgan fingerprint density at radius 1 is 0.944 bits per heavy atom. The van der Waals surface area contributed by atoms with E-state index < -0.39 is 0 Å². The van der Waals surface area contributed by atoms with Gasteiger partial charge < -0.3 is 9.13 Å². The average Bonchev–Trinajstić information content (AvgIpc) is 2.93. The van der Waals surface area contributed by atoms with Gasteiger partial charge in [-0.25, -0.2) is 0 Å². The Labute approximate surface area is 107 Å². The molecule has 2 heterocycles. The number of hydrogen-bond donors (Lipinski definition) is 0. The predicted octanol–water partition coefficient (Wildman–Crippen LogP) is 2.66. The van der Waals surface area contributed by atoms with E-state index in [4.69, 9.17) is 0 Å². The van der Waals surface area contributed by atoms with Crippen molar-refractivity contribution < 1.29 is 4.79 Å². The molecule has 0 unspecified atom stereocenters. The molecule has 92 valence electrons. The van der Waals surface area contributed by atoms with Crippen LogP contribution in [0, 0.1) is 0 Å². The molecule has 0 saturated heterocycles. The van der Waals surface area contributed by atoms with Gasteiger partial charge >= 0.3 is 0 Å². The molecule has 0 amide bonds. The topological polar surface area (TPSA) is 26.9 Å². The SMILES string of the molecule is Cn1cccc1/C=C/C(=O)/C=C/c1cccn1C. The number of nitrogens with zero attached hydrogens (tertiary/aromatic N) is 2. The van der Waals surface area contributed by atoms with E-state index in [1.165, 1.54) is 0 Å². The van der Waals surface area contributed by atoms with Gasteiger partial charge in [-0.2, -0.15) is 0 Å². The number of rotatable bonds is 4. The molecule has 3 nitrogen and oxygen atoms in total. The zero-order valence-corrected chi connectivity index (χ0v) is 10.6. The quantitative estimate of drug-likeness (QED) is 0.755. The van der Waals surface area contributed by atoms with Crippen molar-refractivity contribution in [2.24, 2.45) is 14.1 Å². The van der Waals surface area contributed by atoms with Gasteiger partial charge in [-0.1, -0.05) is 0 Å². The molecule has 2 aromatic rings. The van der Waals surface area contributed by atoms with Gasteiger partial charge in [0.05, 0.1) is 0 Å². The van der Waals surface area contributed by atoms with Gasteiger partial charge in [0.25, 0.3) is 0 Å². The van der Waals surface area contributed by atoms with E-state index >= 15 is 0 Å². The summed E-state index contributed by atoms with van der Waals surface area (Å²) in [6.07, 6.45) is 10.7. The lowest BCUT2D eigenvalue weighted by molar-refractivity contribution is -0.110. The lowest BCUT2D eigenvalue weighted by atomic mass is 10.2. The lowest BCUT2D eigenvalue weighted by Gasteiger charge is -1.95. The zero-order valence-electron chi connectivity index (χ0n) is 10.6. The summed E-state index contributed by atoms with van der Waals surface area (Å²) in [5, 5.41) is 0. The number of hydrogen-bond acceptors (Lipinski definition) is 1. The van der Waals surface area contributed by atoms with E-state index in [9.17, 15) is 4.79 Å². The van der Waals surface area contributed by atoms with E-state index in [1.54, 1.807) is 12.2 Å². The first-order valence-electron chi connectivity index (χ1n) is 5.79. The van der Waals surface area contributed by atoms with Crippen LogP contribution in [0.5, 0.6) is 0 Å². The summed E-state index contributed by atoms with van der Waals surface area (Å²) in [7, 11) is 3.90. The van der Waals surface area contributed by atoms with Crippen molar-refractivity contribution in [2.75, 3.05) is 0 Å². The number of ketones is 1. The van der Waals surface area contributed by atoms with Crippen LogP contribution in [0.1, 0.15) is 11.4 Å². The maximum atomic E-state index is 11.7. The highest BCUT2D eigenvalue weighted by Gasteiger charge is 1.95. The van der Waals surface area contributed by atoms with Crippen LogP contribution in [0.15, 0.2) is 48.8 Å². The van der Waals surface area contributed by atoms with Crippen LogP contribution in [0.25, 0.3) is 12.2 Å². The molecule has 2 aromatic heterocycles. The molecular formula is C15H16N2O. The largest absolute Gasteiger partial charge is 0.351 e. The third-order valence-electron chi connectivity index (χ3n) is 2.80. The van der Waals surface area contributed by atoms with Crippen LogP contribution in [0.2, 0.25) is 0 Å². The van der Waals surface area contributed by atoms with E-state index in [1.807, 2.05) is 72.0 Å². The van der Waals surface area contributed by atoms with Gasteiger partial charge in [0.15, 0.2) is 5.78 Å². The average molecular weight is 240 g/mol. The van der Waals surface area contributed by atoms with Gasteiger partial charge in [-0.05, 0) is 48.6 Å². The Hall–Kier alpha value is -2.29. The minimum atomic E-state index is -0.0163. The Morgan fingerprint density at radius 3 is 1.72 bits per heavy atom. The van der Waals surface area contributed by atoms with Crippen LogP contribution in [0.4, 0.5) is 0 Å². The zero-order chi connectivity index (χ0) is 13.0. The molecule has 18 heavy (non-hydrogen) atoms. The molecule has 3 heteroatoms. The van der Waals surface area contributed by atoms with Crippen molar-refractivity contribution in [3.63, 3.8) is 0 Å². The summed E-state index contributed by atoms with van der Waals surface area (Å²) >= 11 is 0. The van der Waals surface area contributed by atoms with Gasteiger partial charge in [-0.15, -0.1) is 0 Å². The van der Waals surface area contributed by atoms with Gasteiger partial charge in [0.2, 0.25) is 0 Å². The third-order valence-corrected chi connectivity index (χ3v) is 2.80. The fraction of sp³-hybridized carbons (Fsp3) is 0.133. The molecule has 0 aromatic carbocycles. The van der Waals surface area contributed by atoms with E-state index in [0.717, 1.165) is 11.4 Å². The van der Waals surface area contributed by atoms with Crippen molar-refractivity contribution in [2.45, 2.75) is 0 Å². The summed E-state index contributed by atoms with van der Waals surface area (Å²) < 4.78 is 3.93. The lowest BCUT2D eigenvalue weighted by Crippen LogP contribution is -1.91. The summed E-state index contributed by atoms with van der Waals surface area (Å²) in [5.41, 5.74) is 2.02. The van der Waals surface area contributed by atoms with Crippen molar-refractivity contribution in [3.05, 3.63) is 60.2 Å². The Kier molecular flexibility index (Phi) is 3.63. The van der Waals surface area contributed by atoms with Crippen molar-refractivity contribution in [1.29, 1.82) is 0 Å². The first-order valence-corrected chi connectivity index (χ1v) is 5.79. The Morgan fingerprint density at radius 2 is 1.39 bits per heavy atom. The summed E-state index contributed by atoms with van der Waals surface area (Å²) in [5.74, 6) is -0.0163. The first-order chi connectivity index (χ1) is 8.66. The highest BCUT2D eigenvalue weighted by Crippen LogP contribution is 2.04. The molecular weight excluding hydrogens is 224 g/mol. The number of carbonyl (C=O) groups is 1. The highest BCUT2D eigenvalue weighted by molar-refractivity contribution is 6.04. The molecule has 0 spiro atoms. The van der Waals surface area contributed by atoms with E-state index in [-0.39, 0.29) is 5.78 Å². The number of carbonyl (C=O) groups excluding carboxylic acids is 1. The van der Waals surface area contributed by atoms with Crippen LogP contribution in [0.3, 0.4) is 0 Å². The van der Waals surface area contributed by atoms with Crippen molar-refractivity contribution >= 4 is 17.9 Å². The molecule has 2 rings (SSSR count). The third kappa shape index (κ3) is 2.88. The molecule has 0 saturated carbocycles. The molecule has 0 radical (unpaired) electrons. The van der Waals surface area contributed by atoms with Crippen molar-refractivity contribution in [1.82, 2.24) is 9.13 Å². The Bertz CT molecular complexity index is 547. The molecule has 0 aliphatic rings. The van der Waals surface area contributed by atoms with Gasteiger partial charge in [-0.3, -0.25) is 4.79 Å². The molecule has 0 N–H and O–H groups in total. The standard InChI is InChI=1S/C15H16N2O/c1-16-11-3-5-13(16)7-9-15(18)10-8-14-6-4-12-17(14)2/h3-12H,1-2H3/b9-7+,10-8+. The van der Waals surface area contributed by atoms with Crippen LogP contribution >= 0.6 is 0 Å². The van der Waals surface area contributed by atoms with Crippen molar-refractivity contribution in [3.8, 4) is 0 Å². The normalized spacial score (nSPS) is 11.7. The minimum absolute atomic E-state index is 0.0163. The molecule has 0 aliphatic heterocycles. The van der Waals surface area contributed by atoms with Crippen LogP contribution in [-0.4, -0.2) is 14.9 Å². The van der Waals surface area contributed by atoms with Crippen LogP contribution in [-0.2, 0) is 18.9 Å². The van der Waals surface area contributed by atoms with Gasteiger partial charge in [0, 0.05) is 37.9 Å². The summed E-state index contributed by atoms with van der Waals surface area (Å²) in [6.45, 7) is 0. The maximum absolute atomic E-state index is 11.7. The smallest absolute Gasteiger partial charge is 0.178 e. The second-order valence-corrected chi connectivity index (χ2v) is 4.16. The highest BCUT2D eigenvalue weighted by atomic mass is 16.1. The second kappa shape index (κ2) is 5.36. The number of aromatic nitrogens is 2. The predicted molar refractivity (Wildman–Crippen MR) is 73.9 cm³/mol. The molecule has 0 atom stereocenters. The molecule has 0 aliphatic carbocycles. The fourth-order valence-corrected chi connectivity index (χ4v) is 1.69. The number of aryl methyl sites for hydroxylation is 2. The maximum Gasteiger partial charge on any atom is 0.178 e. The minimum Gasteiger partial charge on any atom is -0.351 e. The molecule has 0 fully saturated rings. The summed E-state index contributed by atoms with van der Waals surface area (Å²) in [4.78, 5) is 11.7. The molecule has 0 bridgehead atoms.